The summed E-state index contributed by atoms with van der Waals surface area (Å²) in [5.41, 5.74) is 1.36. The summed E-state index contributed by atoms with van der Waals surface area (Å²) in [5, 5.41) is 3.38. The Morgan fingerprint density at radius 2 is 1.96 bits per heavy atom. The van der Waals surface area contributed by atoms with Crippen molar-refractivity contribution in [2.75, 3.05) is 18.5 Å². The fraction of sp³-hybridized carbons (Fsp3) is 0.278. The highest BCUT2D eigenvalue weighted by atomic mass is 35.5. The number of urea groups is 1. The Balaban J connectivity index is 2.04. The van der Waals surface area contributed by atoms with E-state index in [0.29, 0.717) is 23.9 Å². The molecule has 2 aromatic rings. The number of benzene rings is 1. The third kappa shape index (κ3) is 6.43. The molecular formula is C18H20ClN3O3. The summed E-state index contributed by atoms with van der Waals surface area (Å²) in [4.78, 5) is 29.9. The molecule has 2 rings (SSSR count). The van der Waals surface area contributed by atoms with Crippen molar-refractivity contribution in [2.24, 2.45) is 0 Å². The summed E-state index contributed by atoms with van der Waals surface area (Å²) >= 11 is 5.85. The van der Waals surface area contributed by atoms with Gasteiger partial charge in [-0.05, 0) is 43.3 Å². The van der Waals surface area contributed by atoms with E-state index in [1.54, 1.807) is 43.5 Å². The van der Waals surface area contributed by atoms with E-state index in [-0.39, 0.29) is 25.0 Å². The van der Waals surface area contributed by atoms with Crippen molar-refractivity contribution in [3.8, 4) is 0 Å². The SMILES string of the molecule is CCOC(=O)CCN(Cc1ccccn1)C(=O)Nc1ccc(Cl)cc1. The molecule has 0 saturated carbocycles. The van der Waals surface area contributed by atoms with Crippen LogP contribution < -0.4 is 5.32 Å². The molecule has 1 aromatic heterocycles. The van der Waals surface area contributed by atoms with Gasteiger partial charge in [0.2, 0.25) is 0 Å². The van der Waals surface area contributed by atoms with Crippen LogP contribution in [0.25, 0.3) is 0 Å². The molecule has 132 valence electrons. The summed E-state index contributed by atoms with van der Waals surface area (Å²) < 4.78 is 4.93. The molecule has 0 aliphatic rings. The van der Waals surface area contributed by atoms with Gasteiger partial charge in [-0.1, -0.05) is 17.7 Å². The van der Waals surface area contributed by atoms with E-state index >= 15 is 0 Å². The van der Waals surface area contributed by atoms with E-state index in [9.17, 15) is 9.59 Å². The Hall–Kier alpha value is -2.60. The topological polar surface area (TPSA) is 71.5 Å². The molecule has 0 atom stereocenters. The number of esters is 1. The molecule has 0 aliphatic carbocycles. The first-order valence-electron chi connectivity index (χ1n) is 7.95. The minimum absolute atomic E-state index is 0.120. The highest BCUT2D eigenvalue weighted by Gasteiger charge is 2.16. The normalized spacial score (nSPS) is 10.2. The first-order chi connectivity index (χ1) is 12.1. The van der Waals surface area contributed by atoms with E-state index in [0.717, 1.165) is 5.69 Å². The number of nitrogens with zero attached hydrogens (tertiary/aromatic N) is 2. The van der Waals surface area contributed by atoms with Gasteiger partial charge in [0.05, 0.1) is 25.3 Å². The van der Waals surface area contributed by atoms with Crippen molar-refractivity contribution in [1.29, 1.82) is 0 Å². The monoisotopic (exact) mass is 361 g/mol. The van der Waals surface area contributed by atoms with Crippen LogP contribution in [0.15, 0.2) is 48.7 Å². The van der Waals surface area contributed by atoms with Gasteiger partial charge in [0.25, 0.3) is 0 Å². The smallest absolute Gasteiger partial charge is 0.322 e. The van der Waals surface area contributed by atoms with Crippen molar-refractivity contribution >= 4 is 29.3 Å². The van der Waals surface area contributed by atoms with Crippen molar-refractivity contribution < 1.29 is 14.3 Å². The van der Waals surface area contributed by atoms with Crippen LogP contribution in [0.2, 0.25) is 5.02 Å². The van der Waals surface area contributed by atoms with Gasteiger partial charge in [0.1, 0.15) is 0 Å². The second-order valence-electron chi connectivity index (χ2n) is 5.23. The average molecular weight is 362 g/mol. The predicted molar refractivity (Wildman–Crippen MR) is 96.4 cm³/mol. The summed E-state index contributed by atoms with van der Waals surface area (Å²) in [7, 11) is 0. The molecule has 0 fully saturated rings. The predicted octanol–water partition coefficient (Wildman–Crippen LogP) is 3.72. The van der Waals surface area contributed by atoms with E-state index < -0.39 is 0 Å². The van der Waals surface area contributed by atoms with E-state index in [2.05, 4.69) is 10.3 Å². The fourth-order valence-corrected chi connectivity index (χ4v) is 2.26. The number of amides is 2. The Labute approximate surface area is 151 Å². The Kier molecular flexibility index (Phi) is 7.22. The molecule has 1 heterocycles. The average Bonchev–Trinajstić information content (AvgIpc) is 2.61. The van der Waals surface area contributed by atoms with Gasteiger partial charge < -0.3 is 15.0 Å². The lowest BCUT2D eigenvalue weighted by atomic mass is 10.3. The molecular weight excluding hydrogens is 342 g/mol. The molecule has 0 saturated heterocycles. The first-order valence-corrected chi connectivity index (χ1v) is 8.33. The van der Waals surface area contributed by atoms with E-state index in [1.807, 2.05) is 12.1 Å². The molecule has 0 unspecified atom stereocenters. The highest BCUT2D eigenvalue weighted by Crippen LogP contribution is 2.14. The van der Waals surface area contributed by atoms with Gasteiger partial charge in [0, 0.05) is 23.5 Å². The van der Waals surface area contributed by atoms with Crippen LogP contribution in [0.1, 0.15) is 19.0 Å². The second-order valence-corrected chi connectivity index (χ2v) is 5.67. The molecule has 6 nitrogen and oxygen atoms in total. The standard InChI is InChI=1S/C18H20ClN3O3/c1-2-25-17(23)10-12-22(13-16-5-3-4-11-20-16)18(24)21-15-8-6-14(19)7-9-15/h3-9,11H,2,10,12-13H2,1H3,(H,21,24). The van der Waals surface area contributed by atoms with Gasteiger partial charge in [0.15, 0.2) is 0 Å². The minimum atomic E-state index is -0.340. The Bertz CT molecular complexity index is 692. The number of carbonyl (C=O) groups is 2. The van der Waals surface area contributed by atoms with E-state index in [1.165, 1.54) is 4.90 Å². The number of pyridine rings is 1. The zero-order valence-corrected chi connectivity index (χ0v) is 14.7. The van der Waals surface area contributed by atoms with Crippen molar-refractivity contribution in [1.82, 2.24) is 9.88 Å². The Morgan fingerprint density at radius 1 is 1.20 bits per heavy atom. The van der Waals surface area contributed by atoms with Crippen LogP contribution in [-0.4, -0.2) is 35.0 Å². The molecule has 1 aromatic carbocycles. The molecule has 2 amide bonds. The lowest BCUT2D eigenvalue weighted by Crippen LogP contribution is -2.36. The number of halogens is 1. The van der Waals surface area contributed by atoms with Gasteiger partial charge in [-0.25, -0.2) is 4.79 Å². The number of rotatable bonds is 7. The minimum Gasteiger partial charge on any atom is -0.466 e. The maximum absolute atomic E-state index is 12.6. The van der Waals surface area contributed by atoms with Crippen LogP contribution >= 0.6 is 11.6 Å². The van der Waals surface area contributed by atoms with E-state index in [4.69, 9.17) is 16.3 Å². The maximum atomic E-state index is 12.6. The summed E-state index contributed by atoms with van der Waals surface area (Å²) in [5.74, 6) is -0.340. The van der Waals surface area contributed by atoms with Crippen LogP contribution in [-0.2, 0) is 16.1 Å². The number of hydrogen-bond donors (Lipinski definition) is 1. The maximum Gasteiger partial charge on any atom is 0.322 e. The van der Waals surface area contributed by atoms with Crippen LogP contribution in [0.5, 0.6) is 0 Å². The highest BCUT2D eigenvalue weighted by molar-refractivity contribution is 6.30. The van der Waals surface area contributed by atoms with Gasteiger partial charge >= 0.3 is 12.0 Å². The van der Waals surface area contributed by atoms with Crippen LogP contribution in [0.4, 0.5) is 10.5 Å². The number of hydrogen-bond acceptors (Lipinski definition) is 4. The lowest BCUT2D eigenvalue weighted by Gasteiger charge is -2.22. The summed E-state index contributed by atoms with van der Waals surface area (Å²) in [6, 6.07) is 12.0. The quantitative estimate of drug-likeness (QED) is 0.763. The number of aromatic nitrogens is 1. The zero-order valence-electron chi connectivity index (χ0n) is 13.9. The van der Waals surface area contributed by atoms with Gasteiger partial charge in [-0.3, -0.25) is 9.78 Å². The van der Waals surface area contributed by atoms with Crippen LogP contribution in [0.3, 0.4) is 0 Å². The number of anilines is 1. The summed E-state index contributed by atoms with van der Waals surface area (Å²) in [6.07, 6.45) is 1.78. The zero-order chi connectivity index (χ0) is 18.1. The van der Waals surface area contributed by atoms with Crippen molar-refractivity contribution in [2.45, 2.75) is 19.9 Å². The second kappa shape index (κ2) is 9.64. The molecule has 0 aliphatic heterocycles. The lowest BCUT2D eigenvalue weighted by molar-refractivity contribution is -0.143. The van der Waals surface area contributed by atoms with Crippen LogP contribution in [0, 0.1) is 0 Å². The Morgan fingerprint density at radius 3 is 2.60 bits per heavy atom. The molecule has 0 spiro atoms. The number of carbonyl (C=O) groups excluding carboxylic acids is 2. The van der Waals surface area contributed by atoms with Gasteiger partial charge in [-0.15, -0.1) is 0 Å². The number of ether oxygens (including phenoxy) is 1. The third-order valence-corrected chi connectivity index (χ3v) is 3.60. The largest absolute Gasteiger partial charge is 0.466 e. The molecule has 0 radical (unpaired) electrons. The molecule has 25 heavy (non-hydrogen) atoms. The fourth-order valence-electron chi connectivity index (χ4n) is 2.13. The molecule has 7 heteroatoms. The number of nitrogens with one attached hydrogen (secondary N) is 1. The van der Waals surface area contributed by atoms with Crippen molar-refractivity contribution in [3.63, 3.8) is 0 Å². The molecule has 1 N–H and O–H groups in total. The first kappa shape index (κ1) is 18.7. The third-order valence-electron chi connectivity index (χ3n) is 3.35. The molecule has 0 bridgehead atoms. The van der Waals surface area contributed by atoms with Crippen molar-refractivity contribution in [3.05, 3.63) is 59.4 Å². The summed E-state index contributed by atoms with van der Waals surface area (Å²) in [6.45, 7) is 2.58. The van der Waals surface area contributed by atoms with Gasteiger partial charge in [-0.2, -0.15) is 0 Å².